The van der Waals surface area contributed by atoms with Crippen molar-refractivity contribution in [1.29, 1.82) is 0 Å². The number of hydrogen-bond donors (Lipinski definition) is 0. The molecular weight excluding hydrogens is 184 g/mol. The summed E-state index contributed by atoms with van der Waals surface area (Å²) in [5, 5.41) is 4.59. The van der Waals surface area contributed by atoms with Crippen LogP contribution in [0.2, 0.25) is 0 Å². The first kappa shape index (κ1) is 10.3. The van der Waals surface area contributed by atoms with Gasteiger partial charge in [-0.1, -0.05) is 5.92 Å². The SMILES string of the molecule is C#CC1(c2c(C)nn(C(C)C)c2C)CC1. The van der Waals surface area contributed by atoms with E-state index >= 15 is 0 Å². The van der Waals surface area contributed by atoms with E-state index in [0.717, 1.165) is 18.5 Å². The van der Waals surface area contributed by atoms with E-state index in [-0.39, 0.29) is 5.41 Å². The van der Waals surface area contributed by atoms with Gasteiger partial charge in [-0.25, -0.2) is 0 Å². The summed E-state index contributed by atoms with van der Waals surface area (Å²) in [6, 6.07) is 0.408. The van der Waals surface area contributed by atoms with Crippen LogP contribution in [0.5, 0.6) is 0 Å². The van der Waals surface area contributed by atoms with Gasteiger partial charge in [0.25, 0.3) is 0 Å². The fourth-order valence-corrected chi connectivity index (χ4v) is 2.45. The lowest BCUT2D eigenvalue weighted by atomic mass is 9.95. The zero-order valence-electron chi connectivity index (χ0n) is 9.96. The van der Waals surface area contributed by atoms with Crippen molar-refractivity contribution in [2.75, 3.05) is 0 Å². The smallest absolute Gasteiger partial charge is 0.0644 e. The molecule has 1 fully saturated rings. The molecule has 1 aliphatic rings. The van der Waals surface area contributed by atoms with E-state index < -0.39 is 0 Å². The normalized spacial score (nSPS) is 17.9. The van der Waals surface area contributed by atoms with Crippen LogP contribution >= 0.6 is 0 Å². The van der Waals surface area contributed by atoms with E-state index in [1.807, 2.05) is 0 Å². The Kier molecular flexibility index (Phi) is 2.15. The van der Waals surface area contributed by atoms with E-state index in [9.17, 15) is 0 Å². The van der Waals surface area contributed by atoms with Gasteiger partial charge in [-0.2, -0.15) is 5.10 Å². The van der Waals surface area contributed by atoms with Crippen LogP contribution in [0.25, 0.3) is 0 Å². The summed E-state index contributed by atoms with van der Waals surface area (Å²) in [5.74, 6) is 2.95. The van der Waals surface area contributed by atoms with E-state index in [0.29, 0.717) is 6.04 Å². The number of rotatable bonds is 2. The second kappa shape index (κ2) is 3.13. The van der Waals surface area contributed by atoms with Crippen molar-refractivity contribution in [1.82, 2.24) is 9.78 Å². The maximum Gasteiger partial charge on any atom is 0.0644 e. The average Bonchev–Trinajstić information content (AvgIpc) is 2.89. The quantitative estimate of drug-likeness (QED) is 0.674. The molecule has 0 unspecified atom stereocenters. The molecular formula is C13H18N2. The summed E-state index contributed by atoms with van der Waals surface area (Å²) in [5.41, 5.74) is 3.68. The summed E-state index contributed by atoms with van der Waals surface area (Å²) >= 11 is 0. The summed E-state index contributed by atoms with van der Waals surface area (Å²) in [6.45, 7) is 8.50. The number of hydrogen-bond acceptors (Lipinski definition) is 1. The molecule has 1 aromatic rings. The maximum atomic E-state index is 5.64. The van der Waals surface area contributed by atoms with Gasteiger partial charge in [0.2, 0.25) is 0 Å². The van der Waals surface area contributed by atoms with E-state index in [1.54, 1.807) is 0 Å². The lowest BCUT2D eigenvalue weighted by molar-refractivity contribution is 0.515. The molecule has 0 spiro atoms. The van der Waals surface area contributed by atoms with Crippen LogP contribution in [0.3, 0.4) is 0 Å². The van der Waals surface area contributed by atoms with Gasteiger partial charge in [-0.15, -0.1) is 6.42 Å². The van der Waals surface area contributed by atoms with Crippen LogP contribution in [0, 0.1) is 26.2 Å². The molecule has 0 saturated heterocycles. The van der Waals surface area contributed by atoms with Gasteiger partial charge in [0, 0.05) is 17.3 Å². The van der Waals surface area contributed by atoms with Crippen LogP contribution in [0.4, 0.5) is 0 Å². The van der Waals surface area contributed by atoms with E-state index in [4.69, 9.17) is 6.42 Å². The summed E-state index contributed by atoms with van der Waals surface area (Å²) in [4.78, 5) is 0. The molecule has 0 amide bonds. The van der Waals surface area contributed by atoms with Gasteiger partial charge in [0.15, 0.2) is 0 Å². The third kappa shape index (κ3) is 1.38. The largest absolute Gasteiger partial charge is 0.267 e. The Labute approximate surface area is 91.7 Å². The van der Waals surface area contributed by atoms with Crippen LogP contribution < -0.4 is 0 Å². The third-order valence-electron chi connectivity index (χ3n) is 3.32. The number of terminal acetylenes is 1. The molecule has 0 atom stereocenters. The molecule has 0 bridgehead atoms. The molecule has 1 saturated carbocycles. The van der Waals surface area contributed by atoms with Crippen molar-refractivity contribution < 1.29 is 0 Å². The molecule has 1 aliphatic carbocycles. The Morgan fingerprint density at radius 3 is 2.33 bits per heavy atom. The van der Waals surface area contributed by atoms with E-state index in [2.05, 4.69) is 43.4 Å². The highest BCUT2D eigenvalue weighted by Gasteiger charge is 2.46. The van der Waals surface area contributed by atoms with E-state index in [1.165, 1.54) is 11.3 Å². The van der Waals surface area contributed by atoms with Crippen LogP contribution in [0.1, 0.15) is 49.7 Å². The molecule has 0 aliphatic heterocycles. The Morgan fingerprint density at radius 1 is 1.40 bits per heavy atom. The first-order chi connectivity index (χ1) is 7.02. The Bertz CT molecular complexity index is 428. The van der Waals surface area contributed by atoms with Gasteiger partial charge in [-0.05, 0) is 40.5 Å². The van der Waals surface area contributed by atoms with Crippen molar-refractivity contribution in [2.45, 2.75) is 52.0 Å². The predicted molar refractivity (Wildman–Crippen MR) is 61.8 cm³/mol. The van der Waals surface area contributed by atoms with Crippen molar-refractivity contribution in [3.8, 4) is 12.3 Å². The molecule has 2 nitrogen and oxygen atoms in total. The molecule has 0 radical (unpaired) electrons. The molecule has 0 N–H and O–H groups in total. The second-order valence-electron chi connectivity index (χ2n) is 4.81. The molecule has 2 heteroatoms. The lowest BCUT2D eigenvalue weighted by Crippen LogP contribution is -2.08. The van der Waals surface area contributed by atoms with Gasteiger partial charge < -0.3 is 0 Å². The topological polar surface area (TPSA) is 17.8 Å². The van der Waals surface area contributed by atoms with Crippen LogP contribution in [-0.2, 0) is 5.41 Å². The van der Waals surface area contributed by atoms with Gasteiger partial charge in [0.1, 0.15) is 0 Å². The van der Waals surface area contributed by atoms with Crippen molar-refractivity contribution in [3.63, 3.8) is 0 Å². The fraction of sp³-hybridized carbons (Fsp3) is 0.615. The molecule has 1 aromatic heterocycles. The molecule has 2 rings (SSSR count). The maximum absolute atomic E-state index is 5.64. The minimum atomic E-state index is 0.0152. The van der Waals surface area contributed by atoms with Crippen molar-refractivity contribution in [2.24, 2.45) is 0 Å². The average molecular weight is 202 g/mol. The first-order valence-corrected chi connectivity index (χ1v) is 5.56. The second-order valence-corrected chi connectivity index (χ2v) is 4.81. The monoisotopic (exact) mass is 202 g/mol. The van der Waals surface area contributed by atoms with Crippen molar-refractivity contribution in [3.05, 3.63) is 17.0 Å². The van der Waals surface area contributed by atoms with Crippen LogP contribution in [0.15, 0.2) is 0 Å². The highest BCUT2D eigenvalue weighted by Crippen LogP contribution is 2.50. The Balaban J connectivity index is 2.54. The number of aryl methyl sites for hydroxylation is 1. The molecule has 1 heterocycles. The molecule has 15 heavy (non-hydrogen) atoms. The highest BCUT2D eigenvalue weighted by molar-refractivity contribution is 5.45. The number of aromatic nitrogens is 2. The number of nitrogens with zero attached hydrogens (tertiary/aromatic N) is 2. The van der Waals surface area contributed by atoms with Gasteiger partial charge in [0.05, 0.1) is 11.1 Å². The standard InChI is InChI=1S/C13H18N2/c1-6-13(7-8-13)12-10(4)14-15(9(2)3)11(12)5/h1,9H,7-8H2,2-5H3. The summed E-state index contributed by atoms with van der Waals surface area (Å²) in [7, 11) is 0. The summed E-state index contributed by atoms with van der Waals surface area (Å²) in [6.07, 6.45) is 7.88. The summed E-state index contributed by atoms with van der Waals surface area (Å²) < 4.78 is 2.09. The first-order valence-electron chi connectivity index (χ1n) is 5.56. The Hall–Kier alpha value is -1.23. The van der Waals surface area contributed by atoms with Crippen LogP contribution in [-0.4, -0.2) is 9.78 Å². The lowest BCUT2D eigenvalue weighted by Gasteiger charge is -2.11. The zero-order valence-corrected chi connectivity index (χ0v) is 9.96. The van der Waals surface area contributed by atoms with Crippen molar-refractivity contribution >= 4 is 0 Å². The molecule has 80 valence electrons. The minimum Gasteiger partial charge on any atom is -0.267 e. The van der Waals surface area contributed by atoms with Gasteiger partial charge >= 0.3 is 0 Å². The Morgan fingerprint density at radius 2 is 2.00 bits per heavy atom. The zero-order chi connectivity index (χ0) is 11.2. The fourth-order valence-electron chi connectivity index (χ4n) is 2.45. The third-order valence-corrected chi connectivity index (χ3v) is 3.32. The minimum absolute atomic E-state index is 0.0152. The molecule has 0 aromatic carbocycles. The predicted octanol–water partition coefficient (Wildman–Crippen LogP) is 2.75. The highest BCUT2D eigenvalue weighted by atomic mass is 15.3. The van der Waals surface area contributed by atoms with Gasteiger partial charge in [-0.3, -0.25) is 4.68 Å².